The number of nitrogens with one attached hydrogen (secondary N) is 1. The van der Waals surface area contributed by atoms with Crippen molar-refractivity contribution in [3.05, 3.63) is 49.0 Å². The minimum absolute atomic E-state index is 0.203. The molecule has 0 fully saturated rings. The van der Waals surface area contributed by atoms with Crippen molar-refractivity contribution in [2.24, 2.45) is 0 Å². The number of hydrogen-bond donors (Lipinski definition) is 1. The maximum Gasteiger partial charge on any atom is 0.133 e. The Kier molecular flexibility index (Phi) is 6.08. The van der Waals surface area contributed by atoms with Crippen molar-refractivity contribution < 1.29 is 4.74 Å². The van der Waals surface area contributed by atoms with Crippen LogP contribution in [0.15, 0.2) is 37.9 Å². The smallest absolute Gasteiger partial charge is 0.133 e. The van der Waals surface area contributed by atoms with Gasteiger partial charge in [-0.25, -0.2) is 0 Å². The third-order valence-corrected chi connectivity index (χ3v) is 5.06. The first-order valence-corrected chi connectivity index (χ1v) is 9.01. The molecule has 20 heavy (non-hydrogen) atoms. The summed E-state index contributed by atoms with van der Waals surface area (Å²) < 4.78 is 7.72. The lowest BCUT2D eigenvalue weighted by molar-refractivity contribution is 0.338. The van der Waals surface area contributed by atoms with Crippen LogP contribution in [0.4, 0.5) is 0 Å². The average Bonchev–Trinajstić information content (AvgIpc) is 2.85. The molecule has 0 aliphatic carbocycles. The molecular formula is C15H17Br2NOS. The van der Waals surface area contributed by atoms with Crippen LogP contribution in [-0.2, 0) is 0 Å². The summed E-state index contributed by atoms with van der Waals surface area (Å²) in [7, 11) is 0. The second-order valence-electron chi connectivity index (χ2n) is 4.30. The van der Waals surface area contributed by atoms with Gasteiger partial charge in [0.05, 0.1) is 20.9 Å². The Morgan fingerprint density at radius 1 is 1.20 bits per heavy atom. The van der Waals surface area contributed by atoms with E-state index in [2.05, 4.69) is 67.7 Å². The molecule has 1 aromatic heterocycles. The van der Waals surface area contributed by atoms with E-state index in [0.717, 1.165) is 20.6 Å². The zero-order chi connectivity index (χ0) is 14.5. The number of thiophene rings is 1. The van der Waals surface area contributed by atoms with Crippen molar-refractivity contribution in [3.8, 4) is 5.75 Å². The molecule has 0 radical (unpaired) electrons. The van der Waals surface area contributed by atoms with Crippen LogP contribution in [0.1, 0.15) is 31.0 Å². The van der Waals surface area contributed by atoms with Gasteiger partial charge in [-0.05, 0) is 80.0 Å². The highest BCUT2D eigenvalue weighted by atomic mass is 79.9. The highest BCUT2D eigenvalue weighted by molar-refractivity contribution is 9.11. The Morgan fingerprint density at radius 2 is 2.00 bits per heavy atom. The summed E-state index contributed by atoms with van der Waals surface area (Å²) in [4.78, 5) is 0. The normalized spacial score (nSPS) is 12.4. The second kappa shape index (κ2) is 7.59. The van der Waals surface area contributed by atoms with Crippen LogP contribution in [0, 0.1) is 0 Å². The largest absolute Gasteiger partial charge is 0.493 e. The van der Waals surface area contributed by atoms with E-state index >= 15 is 0 Å². The Balaban J connectivity index is 2.32. The second-order valence-corrected chi connectivity index (χ2v) is 7.44. The van der Waals surface area contributed by atoms with Crippen LogP contribution in [-0.4, -0.2) is 13.2 Å². The predicted octanol–water partition coefficient (Wildman–Crippen LogP) is 5.37. The quantitative estimate of drug-likeness (QED) is 0.680. The molecule has 1 aromatic carbocycles. The van der Waals surface area contributed by atoms with Crippen LogP contribution < -0.4 is 10.1 Å². The molecular weight excluding hydrogens is 402 g/mol. The highest BCUT2D eigenvalue weighted by Crippen LogP contribution is 2.33. The summed E-state index contributed by atoms with van der Waals surface area (Å²) in [6.45, 7) is 5.71. The van der Waals surface area contributed by atoms with Gasteiger partial charge in [0, 0.05) is 0 Å². The molecule has 0 amide bonds. The van der Waals surface area contributed by atoms with Gasteiger partial charge < -0.3 is 10.1 Å². The highest BCUT2D eigenvalue weighted by Gasteiger charge is 2.16. The van der Waals surface area contributed by atoms with Crippen LogP contribution in [0.25, 0.3) is 0 Å². The third-order valence-electron chi connectivity index (χ3n) is 2.92. The Hall–Kier alpha value is -0.360. The van der Waals surface area contributed by atoms with E-state index in [9.17, 15) is 0 Å². The van der Waals surface area contributed by atoms with E-state index in [1.54, 1.807) is 11.3 Å². The van der Waals surface area contributed by atoms with Crippen molar-refractivity contribution in [2.45, 2.75) is 19.9 Å². The summed E-state index contributed by atoms with van der Waals surface area (Å²) in [5.74, 6) is 0.887. The molecule has 1 N–H and O–H groups in total. The zero-order valence-electron chi connectivity index (χ0n) is 11.5. The molecule has 1 atom stereocenters. The van der Waals surface area contributed by atoms with Crippen molar-refractivity contribution in [1.29, 1.82) is 0 Å². The van der Waals surface area contributed by atoms with Crippen molar-refractivity contribution in [3.63, 3.8) is 0 Å². The molecule has 108 valence electrons. The molecule has 2 rings (SSSR count). The standard InChI is InChI=1S/C15H17Br2NOS/c1-3-18-15(11-8-14(17)20-9-11)10-5-6-13(19-4-2)12(16)7-10/h5-9,15,18H,3-4H2,1-2H3. The fourth-order valence-electron chi connectivity index (χ4n) is 2.08. The summed E-state index contributed by atoms with van der Waals surface area (Å²) in [6.07, 6.45) is 0. The lowest BCUT2D eigenvalue weighted by Crippen LogP contribution is -2.21. The van der Waals surface area contributed by atoms with Gasteiger partial charge >= 0.3 is 0 Å². The zero-order valence-corrected chi connectivity index (χ0v) is 15.4. The van der Waals surface area contributed by atoms with Crippen LogP contribution in [0.2, 0.25) is 0 Å². The average molecular weight is 419 g/mol. The molecule has 2 aromatic rings. The summed E-state index contributed by atoms with van der Waals surface area (Å²) in [5.41, 5.74) is 2.51. The SMILES string of the molecule is CCNC(c1csc(Br)c1)c1ccc(OCC)c(Br)c1. The molecule has 0 bridgehead atoms. The molecule has 0 spiro atoms. The van der Waals surface area contributed by atoms with Gasteiger partial charge in [-0.15, -0.1) is 11.3 Å². The Bertz CT molecular complexity index is 571. The molecule has 0 saturated heterocycles. The van der Waals surface area contributed by atoms with Gasteiger partial charge in [-0.3, -0.25) is 0 Å². The van der Waals surface area contributed by atoms with E-state index in [4.69, 9.17) is 4.74 Å². The van der Waals surface area contributed by atoms with Crippen LogP contribution >= 0.6 is 43.2 Å². The predicted molar refractivity (Wildman–Crippen MR) is 92.8 cm³/mol. The maximum atomic E-state index is 5.57. The molecule has 0 aliphatic heterocycles. The van der Waals surface area contributed by atoms with Crippen LogP contribution in [0.3, 0.4) is 0 Å². The van der Waals surface area contributed by atoms with Gasteiger partial charge in [-0.2, -0.15) is 0 Å². The summed E-state index contributed by atoms with van der Waals surface area (Å²) >= 11 is 8.83. The van der Waals surface area contributed by atoms with Crippen molar-refractivity contribution in [1.82, 2.24) is 5.32 Å². The van der Waals surface area contributed by atoms with Gasteiger partial charge in [0.1, 0.15) is 5.75 Å². The molecule has 1 heterocycles. The van der Waals surface area contributed by atoms with E-state index in [1.807, 2.05) is 13.0 Å². The number of ether oxygens (including phenoxy) is 1. The van der Waals surface area contributed by atoms with Gasteiger partial charge in [0.2, 0.25) is 0 Å². The Labute approximate surface area is 140 Å². The van der Waals surface area contributed by atoms with E-state index in [1.165, 1.54) is 11.1 Å². The van der Waals surface area contributed by atoms with Crippen LogP contribution in [0.5, 0.6) is 5.75 Å². The molecule has 0 aliphatic rings. The monoisotopic (exact) mass is 417 g/mol. The minimum Gasteiger partial charge on any atom is -0.493 e. The minimum atomic E-state index is 0.203. The van der Waals surface area contributed by atoms with Crippen molar-refractivity contribution >= 4 is 43.2 Å². The number of hydrogen-bond acceptors (Lipinski definition) is 3. The van der Waals surface area contributed by atoms with Crippen molar-refractivity contribution in [2.75, 3.05) is 13.2 Å². The lowest BCUT2D eigenvalue weighted by atomic mass is 10.0. The maximum absolute atomic E-state index is 5.57. The van der Waals surface area contributed by atoms with Gasteiger partial charge in [0.15, 0.2) is 0 Å². The third kappa shape index (κ3) is 3.85. The molecule has 1 unspecified atom stereocenters. The number of rotatable bonds is 6. The Morgan fingerprint density at radius 3 is 2.55 bits per heavy atom. The lowest BCUT2D eigenvalue weighted by Gasteiger charge is -2.18. The van der Waals surface area contributed by atoms with E-state index < -0.39 is 0 Å². The molecule has 2 nitrogen and oxygen atoms in total. The summed E-state index contributed by atoms with van der Waals surface area (Å²) in [6, 6.07) is 8.64. The number of halogens is 2. The van der Waals surface area contributed by atoms with Gasteiger partial charge in [0.25, 0.3) is 0 Å². The fraction of sp³-hybridized carbons (Fsp3) is 0.333. The fourth-order valence-corrected chi connectivity index (χ4v) is 3.79. The van der Waals surface area contributed by atoms with E-state index in [0.29, 0.717) is 6.61 Å². The molecule has 0 saturated carbocycles. The first kappa shape index (κ1) is 16.0. The van der Waals surface area contributed by atoms with Gasteiger partial charge in [-0.1, -0.05) is 13.0 Å². The van der Waals surface area contributed by atoms with E-state index in [-0.39, 0.29) is 6.04 Å². The molecule has 5 heteroatoms. The first-order valence-electron chi connectivity index (χ1n) is 6.55. The topological polar surface area (TPSA) is 21.3 Å². The number of benzene rings is 1. The first-order chi connectivity index (χ1) is 9.65. The summed E-state index contributed by atoms with van der Waals surface area (Å²) in [5, 5.41) is 5.71.